The standard InChI is InChI=1S/C11H19N5O2/c1-4-10(17)13-9-6-16(15-14-9)7-11(18)12-5-8(2)3/h6,8H,4-5,7H2,1-3H3,(H,12,18)(H,13,17). The highest BCUT2D eigenvalue weighted by Gasteiger charge is 2.07. The molecule has 0 spiro atoms. The average Bonchev–Trinajstić information content (AvgIpc) is 2.73. The number of nitrogens with one attached hydrogen (secondary N) is 2. The van der Waals surface area contributed by atoms with Crippen molar-refractivity contribution < 1.29 is 9.59 Å². The van der Waals surface area contributed by atoms with Crippen molar-refractivity contribution in [1.29, 1.82) is 0 Å². The van der Waals surface area contributed by atoms with Crippen LogP contribution in [0, 0.1) is 5.92 Å². The predicted octanol–water partition coefficient (Wildman–Crippen LogP) is 0.399. The van der Waals surface area contributed by atoms with Crippen LogP contribution in [0.3, 0.4) is 0 Å². The van der Waals surface area contributed by atoms with Crippen LogP contribution in [-0.4, -0.2) is 33.4 Å². The number of nitrogens with zero attached hydrogens (tertiary/aromatic N) is 3. The Hall–Kier alpha value is -1.92. The minimum atomic E-state index is -0.133. The molecule has 0 aliphatic rings. The van der Waals surface area contributed by atoms with Crippen molar-refractivity contribution in [1.82, 2.24) is 20.3 Å². The summed E-state index contributed by atoms with van der Waals surface area (Å²) in [7, 11) is 0. The molecule has 18 heavy (non-hydrogen) atoms. The normalized spacial score (nSPS) is 10.4. The number of aromatic nitrogens is 3. The molecule has 0 aliphatic heterocycles. The summed E-state index contributed by atoms with van der Waals surface area (Å²) in [6.45, 7) is 6.52. The molecular formula is C11H19N5O2. The highest BCUT2D eigenvalue weighted by atomic mass is 16.2. The molecule has 0 aliphatic carbocycles. The molecule has 0 saturated heterocycles. The van der Waals surface area contributed by atoms with E-state index in [2.05, 4.69) is 20.9 Å². The van der Waals surface area contributed by atoms with Crippen molar-refractivity contribution in [3.8, 4) is 0 Å². The first-order valence-electron chi connectivity index (χ1n) is 5.98. The Morgan fingerprint density at radius 1 is 1.39 bits per heavy atom. The van der Waals surface area contributed by atoms with Gasteiger partial charge in [0.05, 0.1) is 6.20 Å². The van der Waals surface area contributed by atoms with Gasteiger partial charge < -0.3 is 10.6 Å². The molecule has 0 radical (unpaired) electrons. The van der Waals surface area contributed by atoms with Crippen LogP contribution in [0.4, 0.5) is 5.82 Å². The fourth-order valence-corrected chi connectivity index (χ4v) is 1.19. The van der Waals surface area contributed by atoms with E-state index in [1.807, 2.05) is 13.8 Å². The number of rotatable bonds is 6. The van der Waals surface area contributed by atoms with Crippen LogP contribution in [-0.2, 0) is 16.1 Å². The molecule has 100 valence electrons. The molecule has 1 rings (SSSR count). The van der Waals surface area contributed by atoms with Crippen molar-refractivity contribution >= 4 is 17.6 Å². The molecule has 1 aromatic heterocycles. The molecule has 2 N–H and O–H groups in total. The second-order valence-electron chi connectivity index (χ2n) is 4.40. The lowest BCUT2D eigenvalue weighted by Gasteiger charge is -2.06. The predicted molar refractivity (Wildman–Crippen MR) is 66.8 cm³/mol. The first kappa shape index (κ1) is 14.1. The van der Waals surface area contributed by atoms with Gasteiger partial charge in [-0.05, 0) is 5.92 Å². The molecule has 1 aromatic rings. The highest BCUT2D eigenvalue weighted by Crippen LogP contribution is 2.00. The third kappa shape index (κ3) is 4.94. The Labute approximate surface area is 106 Å². The van der Waals surface area contributed by atoms with Crippen molar-refractivity contribution in [2.45, 2.75) is 33.7 Å². The number of anilines is 1. The summed E-state index contributed by atoms with van der Waals surface area (Å²) in [6.07, 6.45) is 1.91. The molecule has 7 heteroatoms. The third-order valence-corrected chi connectivity index (χ3v) is 2.14. The summed E-state index contributed by atoms with van der Waals surface area (Å²) < 4.78 is 1.39. The Morgan fingerprint density at radius 3 is 2.72 bits per heavy atom. The summed E-state index contributed by atoms with van der Waals surface area (Å²) in [5.74, 6) is 0.510. The van der Waals surface area contributed by atoms with E-state index in [0.29, 0.717) is 24.7 Å². The molecule has 1 heterocycles. The van der Waals surface area contributed by atoms with Gasteiger partial charge in [-0.25, -0.2) is 4.68 Å². The lowest BCUT2D eigenvalue weighted by Crippen LogP contribution is -2.30. The lowest BCUT2D eigenvalue weighted by atomic mass is 10.2. The molecular weight excluding hydrogens is 234 g/mol. The van der Waals surface area contributed by atoms with Gasteiger partial charge >= 0.3 is 0 Å². The van der Waals surface area contributed by atoms with E-state index in [4.69, 9.17) is 0 Å². The van der Waals surface area contributed by atoms with Crippen molar-refractivity contribution in [2.24, 2.45) is 5.92 Å². The number of carbonyl (C=O) groups is 2. The van der Waals surface area contributed by atoms with E-state index in [0.717, 1.165) is 0 Å². The van der Waals surface area contributed by atoms with Gasteiger partial charge in [0.1, 0.15) is 6.54 Å². The van der Waals surface area contributed by atoms with Gasteiger partial charge in [-0.1, -0.05) is 26.0 Å². The second-order valence-corrected chi connectivity index (χ2v) is 4.40. The zero-order valence-electron chi connectivity index (χ0n) is 10.9. The van der Waals surface area contributed by atoms with Gasteiger partial charge in [0.15, 0.2) is 5.82 Å². The molecule has 7 nitrogen and oxygen atoms in total. The third-order valence-electron chi connectivity index (χ3n) is 2.14. The van der Waals surface area contributed by atoms with E-state index in [1.165, 1.54) is 10.9 Å². The van der Waals surface area contributed by atoms with Crippen molar-refractivity contribution in [2.75, 3.05) is 11.9 Å². The van der Waals surface area contributed by atoms with Crippen molar-refractivity contribution in [3.63, 3.8) is 0 Å². The summed E-state index contributed by atoms with van der Waals surface area (Å²) in [4.78, 5) is 22.6. The highest BCUT2D eigenvalue weighted by molar-refractivity contribution is 5.89. The van der Waals surface area contributed by atoms with Gasteiger partial charge in [-0.2, -0.15) is 0 Å². The van der Waals surface area contributed by atoms with E-state index in [1.54, 1.807) is 6.92 Å². The Kier molecular flexibility index (Phi) is 5.29. The fraction of sp³-hybridized carbons (Fsp3) is 0.636. The van der Waals surface area contributed by atoms with E-state index in [9.17, 15) is 9.59 Å². The molecule has 0 atom stereocenters. The Balaban J connectivity index is 2.43. The fourth-order valence-electron chi connectivity index (χ4n) is 1.19. The molecule has 0 saturated carbocycles. The molecule has 0 bridgehead atoms. The summed E-state index contributed by atoms with van der Waals surface area (Å²) in [5.41, 5.74) is 0. The summed E-state index contributed by atoms with van der Waals surface area (Å²) in [6, 6.07) is 0. The molecule has 0 unspecified atom stereocenters. The van der Waals surface area contributed by atoms with Gasteiger partial charge in [0, 0.05) is 13.0 Å². The molecule has 0 aromatic carbocycles. The lowest BCUT2D eigenvalue weighted by molar-refractivity contribution is -0.122. The van der Waals surface area contributed by atoms with E-state index >= 15 is 0 Å². The summed E-state index contributed by atoms with van der Waals surface area (Å²) in [5, 5.41) is 12.9. The number of hydrogen-bond donors (Lipinski definition) is 2. The molecule has 2 amide bonds. The zero-order valence-corrected chi connectivity index (χ0v) is 10.9. The van der Waals surface area contributed by atoms with Crippen LogP contribution in [0.25, 0.3) is 0 Å². The Morgan fingerprint density at radius 2 is 2.11 bits per heavy atom. The maximum atomic E-state index is 11.5. The Bertz CT molecular complexity index is 413. The first-order chi connectivity index (χ1) is 8.51. The number of hydrogen-bond acceptors (Lipinski definition) is 4. The maximum Gasteiger partial charge on any atom is 0.241 e. The zero-order chi connectivity index (χ0) is 13.5. The van der Waals surface area contributed by atoms with Gasteiger partial charge in [-0.15, -0.1) is 5.10 Å². The van der Waals surface area contributed by atoms with Crippen LogP contribution in [0.5, 0.6) is 0 Å². The van der Waals surface area contributed by atoms with Gasteiger partial charge in [-0.3, -0.25) is 9.59 Å². The number of carbonyl (C=O) groups excluding carboxylic acids is 2. The number of amides is 2. The van der Waals surface area contributed by atoms with Crippen LogP contribution in [0.2, 0.25) is 0 Å². The summed E-state index contributed by atoms with van der Waals surface area (Å²) >= 11 is 0. The van der Waals surface area contributed by atoms with E-state index in [-0.39, 0.29) is 18.4 Å². The quantitative estimate of drug-likeness (QED) is 0.768. The average molecular weight is 253 g/mol. The van der Waals surface area contributed by atoms with Crippen LogP contribution in [0.1, 0.15) is 27.2 Å². The minimum absolute atomic E-state index is 0.0989. The largest absolute Gasteiger partial charge is 0.354 e. The SMILES string of the molecule is CCC(=O)Nc1cn(CC(=O)NCC(C)C)nn1. The monoisotopic (exact) mass is 253 g/mol. The van der Waals surface area contributed by atoms with Gasteiger partial charge in [0.25, 0.3) is 0 Å². The minimum Gasteiger partial charge on any atom is -0.354 e. The second kappa shape index (κ2) is 6.73. The van der Waals surface area contributed by atoms with Crippen LogP contribution >= 0.6 is 0 Å². The van der Waals surface area contributed by atoms with E-state index < -0.39 is 0 Å². The topological polar surface area (TPSA) is 88.9 Å². The smallest absolute Gasteiger partial charge is 0.241 e. The van der Waals surface area contributed by atoms with Crippen LogP contribution in [0.15, 0.2) is 6.20 Å². The van der Waals surface area contributed by atoms with Crippen LogP contribution < -0.4 is 10.6 Å². The van der Waals surface area contributed by atoms with Crippen molar-refractivity contribution in [3.05, 3.63) is 6.20 Å². The van der Waals surface area contributed by atoms with Gasteiger partial charge in [0.2, 0.25) is 11.8 Å². The maximum absolute atomic E-state index is 11.5. The first-order valence-corrected chi connectivity index (χ1v) is 5.98. The molecule has 0 fully saturated rings.